The van der Waals surface area contributed by atoms with Gasteiger partial charge in [-0.05, 0) is 25.0 Å². The normalized spacial score (nSPS) is 20.7. The number of ether oxygens (including phenoxy) is 1. The van der Waals surface area contributed by atoms with E-state index in [-0.39, 0.29) is 6.35 Å². The Kier molecular flexibility index (Phi) is 3.16. The SMILES string of the molecule is c1ccc2c(c1)NC(OCN1CCCCC1)N2. The van der Waals surface area contributed by atoms with Gasteiger partial charge in [0.2, 0.25) is 6.35 Å². The van der Waals surface area contributed by atoms with Gasteiger partial charge in [-0.1, -0.05) is 18.6 Å². The van der Waals surface area contributed by atoms with Crippen LogP contribution >= 0.6 is 0 Å². The lowest BCUT2D eigenvalue weighted by Crippen LogP contribution is -2.36. The second-order valence-corrected chi connectivity index (χ2v) is 4.69. The Morgan fingerprint density at radius 3 is 2.35 bits per heavy atom. The summed E-state index contributed by atoms with van der Waals surface area (Å²) >= 11 is 0. The topological polar surface area (TPSA) is 36.5 Å². The van der Waals surface area contributed by atoms with Crippen molar-refractivity contribution >= 4 is 11.4 Å². The minimum absolute atomic E-state index is 0.0886. The molecule has 1 saturated heterocycles. The van der Waals surface area contributed by atoms with E-state index in [1.54, 1.807) is 0 Å². The summed E-state index contributed by atoms with van der Waals surface area (Å²) in [5.74, 6) is 0. The van der Waals surface area contributed by atoms with E-state index in [4.69, 9.17) is 4.74 Å². The predicted molar refractivity (Wildman–Crippen MR) is 68.9 cm³/mol. The van der Waals surface area contributed by atoms with Gasteiger partial charge in [0.25, 0.3) is 0 Å². The van der Waals surface area contributed by atoms with Crippen molar-refractivity contribution in [3.05, 3.63) is 24.3 Å². The summed E-state index contributed by atoms with van der Waals surface area (Å²) in [6, 6.07) is 8.18. The van der Waals surface area contributed by atoms with Crippen molar-refractivity contribution in [3.63, 3.8) is 0 Å². The first kappa shape index (κ1) is 10.9. The molecule has 2 aliphatic rings. The van der Waals surface area contributed by atoms with Crippen LogP contribution in [0.1, 0.15) is 19.3 Å². The van der Waals surface area contributed by atoms with Crippen molar-refractivity contribution in [3.8, 4) is 0 Å². The first-order valence-corrected chi connectivity index (χ1v) is 6.38. The number of anilines is 2. The van der Waals surface area contributed by atoms with Gasteiger partial charge in [-0.15, -0.1) is 0 Å². The number of piperidine rings is 1. The zero-order chi connectivity index (χ0) is 11.5. The molecule has 0 saturated carbocycles. The number of para-hydroxylation sites is 2. The summed E-state index contributed by atoms with van der Waals surface area (Å²) in [6.07, 6.45) is 3.88. The fourth-order valence-corrected chi connectivity index (χ4v) is 2.41. The summed E-state index contributed by atoms with van der Waals surface area (Å²) in [7, 11) is 0. The number of hydrogen-bond donors (Lipinski definition) is 2. The van der Waals surface area contributed by atoms with Gasteiger partial charge in [0.1, 0.15) is 6.73 Å². The summed E-state index contributed by atoms with van der Waals surface area (Å²) in [5, 5.41) is 6.63. The molecule has 2 N–H and O–H groups in total. The summed E-state index contributed by atoms with van der Waals surface area (Å²) in [6.45, 7) is 3.04. The molecule has 92 valence electrons. The fraction of sp³-hybridized carbons (Fsp3) is 0.538. The van der Waals surface area contributed by atoms with Crippen LogP contribution in [0.15, 0.2) is 24.3 Å². The molecule has 0 aromatic heterocycles. The molecule has 0 bridgehead atoms. The van der Waals surface area contributed by atoms with Crippen molar-refractivity contribution in [2.45, 2.75) is 25.6 Å². The third-order valence-electron chi connectivity index (χ3n) is 3.37. The van der Waals surface area contributed by atoms with Gasteiger partial charge >= 0.3 is 0 Å². The highest BCUT2D eigenvalue weighted by Crippen LogP contribution is 2.28. The first-order chi connectivity index (χ1) is 8.42. The van der Waals surface area contributed by atoms with Crippen LogP contribution in [0.3, 0.4) is 0 Å². The molecule has 0 atom stereocenters. The van der Waals surface area contributed by atoms with Crippen LogP contribution in [-0.4, -0.2) is 31.1 Å². The number of hydrogen-bond acceptors (Lipinski definition) is 4. The highest BCUT2D eigenvalue weighted by atomic mass is 16.5. The fourth-order valence-electron chi connectivity index (χ4n) is 2.41. The summed E-state index contributed by atoms with van der Waals surface area (Å²) < 4.78 is 5.83. The van der Waals surface area contributed by atoms with Crippen LogP contribution in [-0.2, 0) is 4.74 Å². The second kappa shape index (κ2) is 4.94. The molecule has 1 aromatic carbocycles. The minimum Gasteiger partial charge on any atom is -0.341 e. The van der Waals surface area contributed by atoms with E-state index in [1.165, 1.54) is 32.4 Å². The van der Waals surface area contributed by atoms with E-state index in [1.807, 2.05) is 12.1 Å². The molecule has 1 fully saturated rings. The standard InChI is InChI=1S/C13H19N3O/c1-4-8-16(9-5-1)10-17-13-14-11-6-2-3-7-12(11)15-13/h2-3,6-7,13-15H,1,4-5,8-10H2. The van der Waals surface area contributed by atoms with Gasteiger partial charge in [0.05, 0.1) is 11.4 Å². The Morgan fingerprint density at radius 1 is 1.06 bits per heavy atom. The lowest BCUT2D eigenvalue weighted by atomic mass is 10.1. The van der Waals surface area contributed by atoms with Gasteiger partial charge < -0.3 is 15.4 Å². The van der Waals surface area contributed by atoms with Crippen molar-refractivity contribution in [2.24, 2.45) is 0 Å². The van der Waals surface area contributed by atoms with E-state index in [0.717, 1.165) is 11.4 Å². The van der Waals surface area contributed by atoms with Crippen molar-refractivity contribution in [1.82, 2.24) is 4.90 Å². The summed E-state index contributed by atoms with van der Waals surface area (Å²) in [4.78, 5) is 2.37. The Labute approximate surface area is 102 Å². The van der Waals surface area contributed by atoms with Crippen molar-refractivity contribution < 1.29 is 4.74 Å². The van der Waals surface area contributed by atoms with Crippen LogP contribution < -0.4 is 10.6 Å². The molecule has 2 heterocycles. The van der Waals surface area contributed by atoms with E-state index < -0.39 is 0 Å². The maximum Gasteiger partial charge on any atom is 0.206 e. The number of nitrogens with zero attached hydrogens (tertiary/aromatic N) is 1. The van der Waals surface area contributed by atoms with E-state index in [2.05, 4.69) is 27.7 Å². The average molecular weight is 233 g/mol. The molecule has 0 radical (unpaired) electrons. The Balaban J connectivity index is 1.48. The maximum absolute atomic E-state index is 5.83. The largest absolute Gasteiger partial charge is 0.341 e. The smallest absolute Gasteiger partial charge is 0.206 e. The summed E-state index contributed by atoms with van der Waals surface area (Å²) in [5.41, 5.74) is 2.24. The van der Waals surface area contributed by atoms with Gasteiger partial charge in [-0.2, -0.15) is 0 Å². The zero-order valence-electron chi connectivity index (χ0n) is 9.98. The van der Waals surface area contributed by atoms with Crippen LogP contribution in [0.4, 0.5) is 11.4 Å². The zero-order valence-corrected chi connectivity index (χ0v) is 9.98. The van der Waals surface area contributed by atoms with E-state index in [0.29, 0.717) is 6.73 Å². The average Bonchev–Trinajstić information content (AvgIpc) is 2.80. The molecule has 1 aromatic rings. The maximum atomic E-state index is 5.83. The first-order valence-electron chi connectivity index (χ1n) is 6.38. The molecule has 4 heteroatoms. The number of fused-ring (bicyclic) bond motifs is 1. The van der Waals surface area contributed by atoms with Crippen LogP contribution in [0.2, 0.25) is 0 Å². The van der Waals surface area contributed by atoms with E-state index in [9.17, 15) is 0 Å². The minimum atomic E-state index is -0.0886. The number of nitrogens with one attached hydrogen (secondary N) is 2. The molecule has 0 unspecified atom stereocenters. The third-order valence-corrected chi connectivity index (χ3v) is 3.37. The quantitative estimate of drug-likeness (QED) is 0.839. The Morgan fingerprint density at radius 2 is 1.71 bits per heavy atom. The molecular formula is C13H19N3O. The lowest BCUT2D eigenvalue weighted by molar-refractivity contribution is -0.00489. The highest BCUT2D eigenvalue weighted by molar-refractivity contribution is 5.73. The lowest BCUT2D eigenvalue weighted by Gasteiger charge is -2.27. The second-order valence-electron chi connectivity index (χ2n) is 4.69. The molecular weight excluding hydrogens is 214 g/mol. The molecule has 3 rings (SSSR count). The number of rotatable bonds is 3. The van der Waals surface area contributed by atoms with Gasteiger partial charge in [-0.3, -0.25) is 4.90 Å². The van der Waals surface area contributed by atoms with Crippen molar-refractivity contribution in [2.75, 3.05) is 30.5 Å². The number of benzene rings is 1. The molecule has 0 spiro atoms. The van der Waals surface area contributed by atoms with Gasteiger partial charge in [-0.25, -0.2) is 0 Å². The Bertz CT molecular complexity index is 352. The highest BCUT2D eigenvalue weighted by Gasteiger charge is 2.20. The predicted octanol–water partition coefficient (Wildman–Crippen LogP) is 2.27. The van der Waals surface area contributed by atoms with Crippen LogP contribution in [0.5, 0.6) is 0 Å². The molecule has 17 heavy (non-hydrogen) atoms. The third kappa shape index (κ3) is 2.53. The monoisotopic (exact) mass is 233 g/mol. The number of likely N-dealkylation sites (tertiary alicyclic amines) is 1. The van der Waals surface area contributed by atoms with Crippen molar-refractivity contribution in [1.29, 1.82) is 0 Å². The Hall–Kier alpha value is -1.26. The molecule has 2 aliphatic heterocycles. The van der Waals surface area contributed by atoms with Crippen LogP contribution in [0.25, 0.3) is 0 Å². The van der Waals surface area contributed by atoms with Gasteiger partial charge in [0, 0.05) is 13.1 Å². The van der Waals surface area contributed by atoms with Gasteiger partial charge in [0.15, 0.2) is 0 Å². The molecule has 0 amide bonds. The van der Waals surface area contributed by atoms with Crippen LogP contribution in [0, 0.1) is 0 Å². The van der Waals surface area contributed by atoms with E-state index >= 15 is 0 Å². The molecule has 0 aliphatic carbocycles. The molecule has 4 nitrogen and oxygen atoms in total.